The lowest BCUT2D eigenvalue weighted by Crippen LogP contribution is -2.25. The van der Waals surface area contributed by atoms with Gasteiger partial charge in [0.05, 0.1) is 6.54 Å². The van der Waals surface area contributed by atoms with E-state index in [1.54, 1.807) is 30.3 Å². The van der Waals surface area contributed by atoms with Crippen molar-refractivity contribution in [3.63, 3.8) is 0 Å². The molecule has 3 N–H and O–H groups in total. The van der Waals surface area contributed by atoms with Gasteiger partial charge in [0.15, 0.2) is 5.13 Å². The highest BCUT2D eigenvalue weighted by Crippen LogP contribution is 2.26. The molecule has 0 saturated carbocycles. The Kier molecular flexibility index (Phi) is 3.83. The highest BCUT2D eigenvalue weighted by molar-refractivity contribution is 7.18. The first kappa shape index (κ1) is 12.8. The van der Waals surface area contributed by atoms with Crippen LogP contribution in [-0.2, 0) is 6.54 Å². The Morgan fingerprint density at radius 3 is 2.94 bits per heavy atom. The number of thiazole rings is 1. The summed E-state index contributed by atoms with van der Waals surface area (Å²) in [6.07, 6.45) is 0. The molecule has 2 aromatic heterocycles. The third-order valence-corrected chi connectivity index (χ3v) is 4.32. The number of thiophene rings is 1. The fourth-order valence-corrected chi connectivity index (χ4v) is 3.06. The van der Waals surface area contributed by atoms with Gasteiger partial charge in [0.1, 0.15) is 10.7 Å². The van der Waals surface area contributed by atoms with Crippen molar-refractivity contribution in [3.05, 3.63) is 27.3 Å². The molecule has 0 radical (unpaired) electrons. The van der Waals surface area contributed by atoms with Gasteiger partial charge < -0.3 is 16.0 Å². The molecule has 0 fully saturated rings. The number of nitrogens with zero attached hydrogens (tertiary/aromatic N) is 2. The van der Waals surface area contributed by atoms with E-state index >= 15 is 0 Å². The van der Waals surface area contributed by atoms with E-state index < -0.39 is 0 Å². The van der Waals surface area contributed by atoms with E-state index in [1.165, 1.54) is 11.3 Å². The maximum atomic E-state index is 12.2. The topological polar surface area (TPSA) is 71.2 Å². The smallest absolute Gasteiger partial charge is 0.267 e. The second-order valence-corrected chi connectivity index (χ2v) is 5.76. The van der Waals surface area contributed by atoms with Crippen LogP contribution in [0.3, 0.4) is 0 Å². The van der Waals surface area contributed by atoms with Crippen LogP contribution in [0.2, 0.25) is 0 Å². The molecule has 7 heteroatoms. The van der Waals surface area contributed by atoms with Gasteiger partial charge >= 0.3 is 0 Å². The average molecular weight is 282 g/mol. The quantitative estimate of drug-likeness (QED) is 0.901. The molecular weight excluding hydrogens is 268 g/mol. The second-order valence-electron chi connectivity index (χ2n) is 3.72. The average Bonchev–Trinajstić information content (AvgIpc) is 2.97. The molecule has 0 aliphatic carbocycles. The largest absolute Gasteiger partial charge is 0.382 e. The summed E-state index contributed by atoms with van der Waals surface area (Å²) in [6.45, 7) is 0.586. The fourth-order valence-electron chi connectivity index (χ4n) is 1.47. The number of aromatic nitrogens is 1. The Morgan fingerprint density at radius 2 is 2.39 bits per heavy atom. The zero-order chi connectivity index (χ0) is 13.1. The van der Waals surface area contributed by atoms with Crippen LogP contribution in [0.1, 0.15) is 14.5 Å². The summed E-state index contributed by atoms with van der Waals surface area (Å²) in [5.41, 5.74) is 5.74. The summed E-state index contributed by atoms with van der Waals surface area (Å²) in [7, 11) is 3.52. The molecule has 0 saturated heterocycles. The summed E-state index contributed by atoms with van der Waals surface area (Å²) < 4.78 is 0. The van der Waals surface area contributed by atoms with Crippen molar-refractivity contribution in [2.24, 2.45) is 0 Å². The lowest BCUT2D eigenvalue weighted by atomic mass is 10.4. The van der Waals surface area contributed by atoms with Crippen molar-refractivity contribution in [1.29, 1.82) is 0 Å². The predicted octanol–water partition coefficient (Wildman–Crippen LogP) is 2.10. The highest BCUT2D eigenvalue weighted by atomic mass is 32.1. The van der Waals surface area contributed by atoms with Crippen molar-refractivity contribution in [2.75, 3.05) is 25.1 Å². The normalized spacial score (nSPS) is 10.3. The minimum Gasteiger partial charge on any atom is -0.382 e. The Balaban J connectivity index is 2.12. The van der Waals surface area contributed by atoms with Crippen LogP contribution in [0.5, 0.6) is 0 Å². The zero-order valence-corrected chi connectivity index (χ0v) is 11.8. The molecule has 2 aromatic rings. The first-order valence-corrected chi connectivity index (χ1v) is 7.03. The van der Waals surface area contributed by atoms with Crippen molar-refractivity contribution in [3.8, 4) is 0 Å². The Morgan fingerprint density at radius 1 is 1.61 bits per heavy atom. The van der Waals surface area contributed by atoms with Gasteiger partial charge in [-0.25, -0.2) is 4.98 Å². The number of carbonyl (C=O) groups excluding carboxylic acids is 1. The molecule has 0 spiro atoms. The monoisotopic (exact) mass is 282 g/mol. The highest BCUT2D eigenvalue weighted by Gasteiger charge is 2.19. The van der Waals surface area contributed by atoms with E-state index in [1.807, 2.05) is 17.5 Å². The van der Waals surface area contributed by atoms with Crippen molar-refractivity contribution in [1.82, 2.24) is 9.88 Å². The van der Waals surface area contributed by atoms with Crippen molar-refractivity contribution in [2.45, 2.75) is 6.54 Å². The summed E-state index contributed by atoms with van der Waals surface area (Å²) in [4.78, 5) is 19.6. The molecule has 0 unspecified atom stereocenters. The number of rotatable bonds is 4. The number of anilines is 2. The van der Waals surface area contributed by atoms with Gasteiger partial charge in [0, 0.05) is 19.0 Å². The summed E-state index contributed by atoms with van der Waals surface area (Å²) in [5, 5.41) is 5.53. The molecule has 0 aromatic carbocycles. The molecule has 0 aliphatic rings. The Hall–Kier alpha value is -1.60. The van der Waals surface area contributed by atoms with E-state index in [4.69, 9.17) is 5.73 Å². The maximum Gasteiger partial charge on any atom is 0.267 e. The Bertz CT molecular complexity index is 535. The maximum absolute atomic E-state index is 12.2. The van der Waals surface area contributed by atoms with Crippen molar-refractivity contribution < 1.29 is 4.79 Å². The van der Waals surface area contributed by atoms with E-state index in [9.17, 15) is 4.79 Å². The van der Waals surface area contributed by atoms with E-state index in [-0.39, 0.29) is 11.7 Å². The minimum absolute atomic E-state index is 0.0973. The number of hydrogen-bond acceptors (Lipinski definition) is 6. The lowest BCUT2D eigenvalue weighted by molar-refractivity contribution is 0.0792. The predicted molar refractivity (Wildman–Crippen MR) is 76.2 cm³/mol. The van der Waals surface area contributed by atoms with Gasteiger partial charge in [0.2, 0.25) is 0 Å². The molecule has 2 heterocycles. The van der Waals surface area contributed by atoms with Crippen LogP contribution in [-0.4, -0.2) is 29.9 Å². The second kappa shape index (κ2) is 5.36. The molecule has 96 valence electrons. The molecule has 18 heavy (non-hydrogen) atoms. The number of nitrogens with one attached hydrogen (secondary N) is 1. The van der Waals surface area contributed by atoms with E-state index in [2.05, 4.69) is 10.3 Å². The molecular formula is C11H14N4OS2. The van der Waals surface area contributed by atoms with Gasteiger partial charge in [-0.2, -0.15) is 0 Å². The van der Waals surface area contributed by atoms with E-state index in [0.29, 0.717) is 16.6 Å². The van der Waals surface area contributed by atoms with Crippen LogP contribution in [0, 0.1) is 0 Å². The number of nitrogens with two attached hydrogens (primary N) is 1. The molecule has 1 amide bonds. The molecule has 0 bridgehead atoms. The summed E-state index contributed by atoms with van der Waals surface area (Å²) in [6, 6.07) is 3.97. The van der Waals surface area contributed by atoms with Gasteiger partial charge in [-0.1, -0.05) is 17.4 Å². The van der Waals surface area contributed by atoms with Gasteiger partial charge in [-0.15, -0.1) is 11.3 Å². The third kappa shape index (κ3) is 2.62. The fraction of sp³-hybridized carbons (Fsp3) is 0.273. The zero-order valence-electron chi connectivity index (χ0n) is 10.1. The van der Waals surface area contributed by atoms with Crippen LogP contribution in [0.25, 0.3) is 0 Å². The van der Waals surface area contributed by atoms with Gasteiger partial charge in [-0.05, 0) is 11.4 Å². The van der Waals surface area contributed by atoms with Crippen LogP contribution in [0.4, 0.5) is 10.9 Å². The van der Waals surface area contributed by atoms with Gasteiger partial charge in [-0.3, -0.25) is 4.79 Å². The number of nitrogen functional groups attached to an aromatic ring is 1. The summed E-state index contributed by atoms with van der Waals surface area (Å²) in [5.74, 6) is 0.187. The number of carbonyl (C=O) groups is 1. The van der Waals surface area contributed by atoms with Crippen LogP contribution in [0.15, 0.2) is 17.5 Å². The molecule has 5 nitrogen and oxygen atoms in total. The number of hydrogen-bond donors (Lipinski definition) is 2. The minimum atomic E-state index is -0.0973. The van der Waals surface area contributed by atoms with Crippen LogP contribution >= 0.6 is 22.7 Å². The van der Waals surface area contributed by atoms with Gasteiger partial charge in [0.25, 0.3) is 5.91 Å². The molecule has 0 atom stereocenters. The molecule has 0 aliphatic heterocycles. The summed E-state index contributed by atoms with van der Waals surface area (Å²) >= 11 is 2.90. The molecule has 2 rings (SSSR count). The SMILES string of the molecule is CNc1nc(N)c(C(=O)N(C)Cc2cccs2)s1. The third-order valence-electron chi connectivity index (χ3n) is 2.38. The van der Waals surface area contributed by atoms with E-state index in [0.717, 1.165) is 4.88 Å². The van der Waals surface area contributed by atoms with Crippen molar-refractivity contribution >= 4 is 39.5 Å². The number of amides is 1. The lowest BCUT2D eigenvalue weighted by Gasteiger charge is -2.15. The first-order valence-electron chi connectivity index (χ1n) is 5.33. The van der Waals surface area contributed by atoms with Crippen LogP contribution < -0.4 is 11.1 Å². The first-order chi connectivity index (χ1) is 8.61. The standard InChI is InChI=1S/C11H14N4OS2/c1-13-11-14-9(12)8(18-11)10(16)15(2)6-7-4-3-5-17-7/h3-5H,6,12H2,1-2H3,(H,13,14). The Labute approximate surface area is 113 Å².